The van der Waals surface area contributed by atoms with E-state index >= 15 is 0 Å². The molecule has 1 saturated heterocycles. The van der Waals surface area contributed by atoms with E-state index in [-0.39, 0.29) is 30.6 Å². The van der Waals surface area contributed by atoms with Crippen LogP contribution in [0.15, 0.2) is 66.7 Å². The molecule has 0 spiro atoms. The first-order valence-electron chi connectivity index (χ1n) is 14.5. The Morgan fingerprint density at radius 3 is 2.29 bits per heavy atom. The van der Waals surface area contributed by atoms with Gasteiger partial charge in [0.1, 0.15) is 11.2 Å². The van der Waals surface area contributed by atoms with Crippen LogP contribution in [0.1, 0.15) is 62.5 Å². The third-order valence-corrected chi connectivity index (χ3v) is 9.51. The van der Waals surface area contributed by atoms with E-state index in [0.717, 1.165) is 28.3 Å². The van der Waals surface area contributed by atoms with Gasteiger partial charge in [0.2, 0.25) is 5.91 Å². The number of benzene rings is 3. The van der Waals surface area contributed by atoms with Crippen molar-refractivity contribution in [2.24, 2.45) is 23.2 Å². The van der Waals surface area contributed by atoms with E-state index in [1.165, 1.54) is 0 Å². The molecule has 0 bridgehead atoms. The molecule has 1 heterocycles. The van der Waals surface area contributed by atoms with Crippen molar-refractivity contribution >= 4 is 16.7 Å². The van der Waals surface area contributed by atoms with Crippen LogP contribution in [-0.4, -0.2) is 37.2 Å². The topological polar surface area (TPSA) is 53.3 Å². The number of para-hydroxylation sites is 1. The van der Waals surface area contributed by atoms with Gasteiger partial charge in [0.05, 0.1) is 19.1 Å². The van der Waals surface area contributed by atoms with E-state index < -0.39 is 23.4 Å². The SMILES string of the molecule is COc1ccccc1[C@H](c1cccc2ccccc12)[C@@](C)(C#N)C(=O)N1CCC(C2CCCC(C(F)(F)F)C2)CC1. The summed E-state index contributed by atoms with van der Waals surface area (Å²) in [6.45, 7) is 2.61. The van der Waals surface area contributed by atoms with Crippen LogP contribution in [-0.2, 0) is 4.79 Å². The van der Waals surface area contributed by atoms with Crippen LogP contribution in [0.25, 0.3) is 10.8 Å². The van der Waals surface area contributed by atoms with Crippen molar-refractivity contribution in [1.29, 1.82) is 5.26 Å². The number of fused-ring (bicyclic) bond motifs is 1. The number of halogens is 3. The number of nitrogens with zero attached hydrogens (tertiary/aromatic N) is 2. The second kappa shape index (κ2) is 11.8. The summed E-state index contributed by atoms with van der Waals surface area (Å²) in [5.41, 5.74) is 0.192. The molecule has 4 nitrogen and oxygen atoms in total. The molecule has 1 amide bonds. The van der Waals surface area contributed by atoms with Crippen molar-refractivity contribution in [3.05, 3.63) is 77.9 Å². The number of ether oxygens (including phenoxy) is 1. The molecule has 216 valence electrons. The minimum Gasteiger partial charge on any atom is -0.496 e. The molecule has 0 radical (unpaired) electrons. The number of hydrogen-bond acceptors (Lipinski definition) is 3. The summed E-state index contributed by atoms with van der Waals surface area (Å²) in [6, 6.07) is 23.8. The lowest BCUT2D eigenvalue weighted by molar-refractivity contribution is -0.187. The number of amides is 1. The van der Waals surface area contributed by atoms with Crippen molar-refractivity contribution in [3.63, 3.8) is 0 Å². The molecule has 3 aromatic rings. The maximum Gasteiger partial charge on any atom is 0.391 e. The van der Waals surface area contributed by atoms with Crippen LogP contribution < -0.4 is 4.74 Å². The van der Waals surface area contributed by atoms with E-state index in [0.29, 0.717) is 38.1 Å². The Balaban J connectivity index is 1.45. The standard InChI is InChI=1S/C34H37F3N2O2/c1-33(22-38,32(40)39-19-17-23(18-20-39)25-11-7-12-26(21-25)34(35,36)37)31(29-14-5-6-16-30(29)41-2)28-15-8-10-24-9-3-4-13-27(24)28/h3-6,8-10,13-16,23,25-26,31H,7,11-12,17-21H2,1-2H3/t25?,26?,31-,33+/m0/s1. The molecule has 1 aliphatic heterocycles. The van der Waals surface area contributed by atoms with Gasteiger partial charge in [0.15, 0.2) is 0 Å². The molecule has 41 heavy (non-hydrogen) atoms. The highest BCUT2D eigenvalue weighted by molar-refractivity contribution is 5.91. The van der Waals surface area contributed by atoms with Gasteiger partial charge in [-0.25, -0.2) is 0 Å². The summed E-state index contributed by atoms with van der Waals surface area (Å²) >= 11 is 0. The number of carbonyl (C=O) groups is 1. The summed E-state index contributed by atoms with van der Waals surface area (Å²) in [7, 11) is 1.59. The molecule has 1 saturated carbocycles. The Morgan fingerprint density at radius 1 is 0.927 bits per heavy atom. The zero-order valence-electron chi connectivity index (χ0n) is 23.7. The largest absolute Gasteiger partial charge is 0.496 e. The molecule has 2 aliphatic rings. The lowest BCUT2D eigenvalue weighted by Crippen LogP contribution is -2.49. The highest BCUT2D eigenvalue weighted by atomic mass is 19.4. The molecular weight excluding hydrogens is 525 g/mol. The first-order chi connectivity index (χ1) is 19.7. The first kappa shape index (κ1) is 29.0. The number of nitriles is 1. The fraction of sp³-hybridized carbons (Fsp3) is 0.471. The fourth-order valence-electron chi connectivity index (χ4n) is 7.29. The van der Waals surface area contributed by atoms with Gasteiger partial charge in [-0.1, -0.05) is 73.5 Å². The molecule has 2 fully saturated rings. The summed E-state index contributed by atoms with van der Waals surface area (Å²) < 4.78 is 46.0. The molecule has 0 aromatic heterocycles. The zero-order chi connectivity index (χ0) is 29.2. The van der Waals surface area contributed by atoms with Crippen molar-refractivity contribution in [3.8, 4) is 11.8 Å². The lowest BCUT2D eigenvalue weighted by Gasteiger charge is -2.42. The zero-order valence-corrected chi connectivity index (χ0v) is 23.7. The monoisotopic (exact) mass is 562 g/mol. The number of methoxy groups -OCH3 is 1. The average molecular weight is 563 g/mol. The van der Waals surface area contributed by atoms with Gasteiger partial charge < -0.3 is 9.64 Å². The van der Waals surface area contributed by atoms with Crippen LogP contribution >= 0.6 is 0 Å². The van der Waals surface area contributed by atoms with Gasteiger partial charge in [0.25, 0.3) is 0 Å². The number of likely N-dealkylation sites (tertiary alicyclic amines) is 1. The summed E-state index contributed by atoms with van der Waals surface area (Å²) in [5, 5.41) is 12.7. The highest BCUT2D eigenvalue weighted by Gasteiger charge is 2.49. The number of alkyl halides is 3. The summed E-state index contributed by atoms with van der Waals surface area (Å²) in [4.78, 5) is 16.1. The molecular formula is C34H37F3N2O2. The van der Waals surface area contributed by atoms with E-state index in [1.54, 1.807) is 18.9 Å². The van der Waals surface area contributed by atoms with Crippen LogP contribution in [0.4, 0.5) is 13.2 Å². The molecule has 4 atom stereocenters. The fourth-order valence-corrected chi connectivity index (χ4v) is 7.29. The molecule has 5 rings (SSSR count). The summed E-state index contributed by atoms with van der Waals surface area (Å²) in [6.07, 6.45) is -0.985. The minimum atomic E-state index is -4.14. The van der Waals surface area contributed by atoms with Crippen LogP contribution in [0.2, 0.25) is 0 Å². The molecule has 1 aliphatic carbocycles. The number of piperidine rings is 1. The van der Waals surface area contributed by atoms with E-state index in [1.807, 2.05) is 66.7 Å². The molecule has 2 unspecified atom stereocenters. The smallest absolute Gasteiger partial charge is 0.391 e. The van der Waals surface area contributed by atoms with Crippen LogP contribution in [0.5, 0.6) is 5.75 Å². The maximum absolute atomic E-state index is 14.4. The van der Waals surface area contributed by atoms with Gasteiger partial charge in [-0.2, -0.15) is 18.4 Å². The van der Waals surface area contributed by atoms with Crippen molar-refractivity contribution in [2.45, 2.75) is 57.5 Å². The van der Waals surface area contributed by atoms with Crippen molar-refractivity contribution < 1.29 is 22.7 Å². The molecule has 3 aromatic carbocycles. The Bertz CT molecular complexity index is 1420. The summed E-state index contributed by atoms with van der Waals surface area (Å²) in [5.74, 6) is -1.27. The van der Waals surface area contributed by atoms with Crippen LogP contribution in [0, 0.1) is 34.5 Å². The third kappa shape index (κ3) is 5.66. The second-order valence-corrected chi connectivity index (χ2v) is 11.9. The highest BCUT2D eigenvalue weighted by Crippen LogP contribution is 2.49. The predicted molar refractivity (Wildman–Crippen MR) is 153 cm³/mol. The Morgan fingerprint density at radius 2 is 1.59 bits per heavy atom. The maximum atomic E-state index is 14.4. The van der Waals surface area contributed by atoms with Gasteiger partial charge in [-0.3, -0.25) is 4.79 Å². The first-order valence-corrected chi connectivity index (χ1v) is 14.5. The second-order valence-electron chi connectivity index (χ2n) is 11.9. The van der Waals surface area contributed by atoms with Crippen molar-refractivity contribution in [2.75, 3.05) is 20.2 Å². The van der Waals surface area contributed by atoms with Gasteiger partial charge in [0, 0.05) is 24.6 Å². The molecule has 7 heteroatoms. The third-order valence-electron chi connectivity index (χ3n) is 9.51. The van der Waals surface area contributed by atoms with Gasteiger partial charge in [-0.15, -0.1) is 0 Å². The molecule has 0 N–H and O–H groups in total. The van der Waals surface area contributed by atoms with E-state index in [9.17, 15) is 23.2 Å². The normalized spacial score (nSPS) is 22.5. The average Bonchev–Trinajstić information content (AvgIpc) is 3.00. The van der Waals surface area contributed by atoms with Gasteiger partial charge in [-0.05, 0) is 66.8 Å². The number of rotatable bonds is 6. The number of carbonyl (C=O) groups excluding carboxylic acids is 1. The Kier molecular flexibility index (Phi) is 8.31. The predicted octanol–water partition coefficient (Wildman–Crippen LogP) is 8.12. The quantitative estimate of drug-likeness (QED) is 0.305. The lowest BCUT2D eigenvalue weighted by atomic mass is 9.68. The van der Waals surface area contributed by atoms with E-state index in [4.69, 9.17) is 4.74 Å². The minimum absolute atomic E-state index is 0.0342. The van der Waals surface area contributed by atoms with Crippen LogP contribution in [0.3, 0.4) is 0 Å². The van der Waals surface area contributed by atoms with Crippen molar-refractivity contribution in [1.82, 2.24) is 4.90 Å². The van der Waals surface area contributed by atoms with Gasteiger partial charge >= 0.3 is 6.18 Å². The number of hydrogen-bond donors (Lipinski definition) is 0. The Hall–Kier alpha value is -3.53. The van der Waals surface area contributed by atoms with E-state index in [2.05, 4.69) is 6.07 Å². The Labute approximate surface area is 240 Å².